The molecule has 0 saturated heterocycles. The first-order chi connectivity index (χ1) is 9.24. The van der Waals surface area contributed by atoms with Gasteiger partial charge >= 0.3 is 0 Å². The van der Waals surface area contributed by atoms with E-state index < -0.39 is 0 Å². The number of hydrogen-bond acceptors (Lipinski definition) is 5. The van der Waals surface area contributed by atoms with Gasteiger partial charge in [-0.05, 0) is 33.8 Å². The monoisotopic (exact) mass is 337 g/mol. The Balaban J connectivity index is 1.73. The Kier molecular flexibility index (Phi) is 3.48. The van der Waals surface area contributed by atoms with Crippen LogP contribution in [0, 0.1) is 6.92 Å². The van der Waals surface area contributed by atoms with Crippen LogP contribution in [0.3, 0.4) is 0 Å². The molecule has 0 aliphatic rings. The predicted octanol–water partition coefficient (Wildman–Crippen LogP) is 3.07. The summed E-state index contributed by atoms with van der Waals surface area (Å²) in [5.41, 5.74) is 1.21. The van der Waals surface area contributed by atoms with Gasteiger partial charge < -0.3 is 5.32 Å². The molecule has 7 heteroatoms. The second-order valence-corrected chi connectivity index (χ2v) is 5.94. The summed E-state index contributed by atoms with van der Waals surface area (Å²) in [6.45, 7) is 3.65. The lowest BCUT2D eigenvalue weighted by atomic mass is 10.2. The normalized spacial score (nSPS) is 11.1. The smallest absolute Gasteiger partial charge is 0.138 e. The van der Waals surface area contributed by atoms with E-state index in [1.165, 1.54) is 5.56 Å². The minimum atomic E-state index is 0.773. The predicted molar refractivity (Wildman–Crippen MR) is 80.6 cm³/mol. The summed E-state index contributed by atoms with van der Waals surface area (Å²) in [6.07, 6.45) is 5.34. The molecule has 19 heavy (non-hydrogen) atoms. The molecule has 0 aromatic carbocycles. The Bertz CT molecular complexity index is 705. The zero-order chi connectivity index (χ0) is 13.2. The maximum absolute atomic E-state index is 4.32. The van der Waals surface area contributed by atoms with Crippen molar-refractivity contribution in [1.82, 2.24) is 19.7 Å². The van der Waals surface area contributed by atoms with E-state index in [0.717, 1.165) is 33.6 Å². The number of halogens is 1. The van der Waals surface area contributed by atoms with Crippen molar-refractivity contribution in [2.24, 2.45) is 0 Å². The van der Waals surface area contributed by atoms with Crippen LogP contribution in [-0.4, -0.2) is 26.3 Å². The largest absolute Gasteiger partial charge is 0.368 e. The topological polar surface area (TPSA) is 55.6 Å². The van der Waals surface area contributed by atoms with Crippen molar-refractivity contribution in [1.29, 1.82) is 0 Å². The third kappa shape index (κ3) is 2.62. The first kappa shape index (κ1) is 12.6. The van der Waals surface area contributed by atoms with E-state index in [4.69, 9.17) is 0 Å². The Hall–Kier alpha value is -1.47. The molecule has 3 heterocycles. The van der Waals surface area contributed by atoms with Crippen molar-refractivity contribution in [3.05, 3.63) is 34.1 Å². The molecule has 0 amide bonds. The lowest BCUT2D eigenvalue weighted by Gasteiger charge is -2.07. The second kappa shape index (κ2) is 5.26. The fourth-order valence-electron chi connectivity index (χ4n) is 1.90. The van der Waals surface area contributed by atoms with Gasteiger partial charge in [0.25, 0.3) is 0 Å². The van der Waals surface area contributed by atoms with Crippen LogP contribution >= 0.6 is 27.3 Å². The molecule has 0 fully saturated rings. The van der Waals surface area contributed by atoms with Crippen LogP contribution in [0.2, 0.25) is 0 Å². The standard InChI is InChI=1S/C12H12BrN5S/c1-8-6-19-12-10(8)11(15-7-16-12)14-2-3-18-5-9(13)4-17-18/h4-7H,2-3H2,1H3,(H,14,15,16). The number of nitrogens with zero attached hydrogens (tertiary/aromatic N) is 4. The average molecular weight is 338 g/mol. The van der Waals surface area contributed by atoms with Crippen LogP contribution in [-0.2, 0) is 6.54 Å². The summed E-state index contributed by atoms with van der Waals surface area (Å²) in [5, 5.41) is 10.8. The van der Waals surface area contributed by atoms with E-state index in [9.17, 15) is 0 Å². The molecule has 0 spiro atoms. The summed E-state index contributed by atoms with van der Waals surface area (Å²) in [4.78, 5) is 9.62. The first-order valence-corrected chi connectivity index (χ1v) is 7.52. The molecule has 3 aromatic heterocycles. The molecular weight excluding hydrogens is 326 g/mol. The number of fused-ring (bicyclic) bond motifs is 1. The lowest BCUT2D eigenvalue weighted by Crippen LogP contribution is -2.12. The number of rotatable bonds is 4. The third-order valence-electron chi connectivity index (χ3n) is 2.79. The van der Waals surface area contributed by atoms with E-state index in [0.29, 0.717) is 0 Å². The summed E-state index contributed by atoms with van der Waals surface area (Å²) >= 11 is 5.03. The number of thiophene rings is 1. The van der Waals surface area contributed by atoms with Gasteiger partial charge in [-0.15, -0.1) is 11.3 Å². The Morgan fingerprint density at radius 2 is 2.32 bits per heavy atom. The zero-order valence-electron chi connectivity index (χ0n) is 10.3. The highest BCUT2D eigenvalue weighted by Crippen LogP contribution is 2.28. The van der Waals surface area contributed by atoms with Gasteiger partial charge in [-0.25, -0.2) is 9.97 Å². The molecule has 0 atom stereocenters. The van der Waals surface area contributed by atoms with Crippen molar-refractivity contribution in [3.63, 3.8) is 0 Å². The van der Waals surface area contributed by atoms with E-state index in [1.54, 1.807) is 23.9 Å². The highest BCUT2D eigenvalue weighted by molar-refractivity contribution is 9.10. The fraction of sp³-hybridized carbons (Fsp3) is 0.250. The molecule has 0 saturated carbocycles. The van der Waals surface area contributed by atoms with Crippen LogP contribution in [0.25, 0.3) is 10.2 Å². The fourth-order valence-corrected chi connectivity index (χ4v) is 3.12. The molecule has 0 radical (unpaired) electrons. The van der Waals surface area contributed by atoms with Crippen molar-refractivity contribution >= 4 is 43.3 Å². The number of hydrogen-bond donors (Lipinski definition) is 1. The van der Waals surface area contributed by atoms with Gasteiger partial charge in [-0.3, -0.25) is 4.68 Å². The molecular formula is C12H12BrN5S. The minimum Gasteiger partial charge on any atom is -0.368 e. The minimum absolute atomic E-state index is 0.773. The van der Waals surface area contributed by atoms with Gasteiger partial charge in [0.05, 0.1) is 22.6 Å². The maximum Gasteiger partial charge on any atom is 0.138 e. The molecule has 5 nitrogen and oxygen atoms in total. The summed E-state index contributed by atoms with van der Waals surface area (Å²) in [6, 6.07) is 0. The SMILES string of the molecule is Cc1csc2ncnc(NCCn3cc(Br)cn3)c12. The number of nitrogens with one attached hydrogen (secondary N) is 1. The summed E-state index contributed by atoms with van der Waals surface area (Å²) in [7, 11) is 0. The Morgan fingerprint density at radius 1 is 1.42 bits per heavy atom. The maximum atomic E-state index is 4.32. The highest BCUT2D eigenvalue weighted by Gasteiger charge is 2.07. The molecule has 0 unspecified atom stereocenters. The third-order valence-corrected chi connectivity index (χ3v) is 4.20. The molecule has 3 aromatic rings. The second-order valence-electron chi connectivity index (χ2n) is 4.17. The van der Waals surface area contributed by atoms with Gasteiger partial charge in [0.2, 0.25) is 0 Å². The van der Waals surface area contributed by atoms with E-state index >= 15 is 0 Å². The van der Waals surface area contributed by atoms with Gasteiger partial charge in [-0.1, -0.05) is 0 Å². The molecule has 0 aliphatic carbocycles. The van der Waals surface area contributed by atoms with E-state index in [1.807, 2.05) is 10.9 Å². The van der Waals surface area contributed by atoms with Crippen LogP contribution in [0.4, 0.5) is 5.82 Å². The van der Waals surface area contributed by atoms with E-state index in [-0.39, 0.29) is 0 Å². The number of aryl methyl sites for hydroxylation is 1. The van der Waals surface area contributed by atoms with Crippen molar-refractivity contribution in [3.8, 4) is 0 Å². The quantitative estimate of drug-likeness (QED) is 0.794. The molecule has 1 N–H and O–H groups in total. The number of anilines is 1. The van der Waals surface area contributed by atoms with Gasteiger partial charge in [0.15, 0.2) is 0 Å². The van der Waals surface area contributed by atoms with Crippen molar-refractivity contribution in [2.75, 3.05) is 11.9 Å². The van der Waals surface area contributed by atoms with Crippen LogP contribution in [0.15, 0.2) is 28.6 Å². The summed E-state index contributed by atoms with van der Waals surface area (Å²) in [5.74, 6) is 0.898. The molecule has 0 bridgehead atoms. The number of aromatic nitrogens is 4. The van der Waals surface area contributed by atoms with Crippen LogP contribution in [0.1, 0.15) is 5.56 Å². The van der Waals surface area contributed by atoms with Crippen molar-refractivity contribution < 1.29 is 0 Å². The molecule has 3 rings (SSSR count). The van der Waals surface area contributed by atoms with Crippen molar-refractivity contribution in [2.45, 2.75) is 13.5 Å². The summed E-state index contributed by atoms with van der Waals surface area (Å²) < 4.78 is 2.88. The van der Waals surface area contributed by atoms with Gasteiger partial charge in [0.1, 0.15) is 17.0 Å². The zero-order valence-corrected chi connectivity index (χ0v) is 12.7. The first-order valence-electron chi connectivity index (χ1n) is 5.84. The van der Waals surface area contributed by atoms with Crippen LogP contribution < -0.4 is 5.32 Å². The van der Waals surface area contributed by atoms with Gasteiger partial charge in [0, 0.05) is 12.7 Å². The Labute approximate surface area is 122 Å². The Morgan fingerprint density at radius 3 is 3.11 bits per heavy atom. The van der Waals surface area contributed by atoms with Crippen LogP contribution in [0.5, 0.6) is 0 Å². The average Bonchev–Trinajstić information content (AvgIpc) is 2.97. The lowest BCUT2D eigenvalue weighted by molar-refractivity contribution is 0.637. The highest BCUT2D eigenvalue weighted by atomic mass is 79.9. The van der Waals surface area contributed by atoms with E-state index in [2.05, 4.69) is 48.6 Å². The molecule has 0 aliphatic heterocycles. The molecule has 98 valence electrons. The van der Waals surface area contributed by atoms with Gasteiger partial charge in [-0.2, -0.15) is 5.10 Å².